The first-order valence-electron chi connectivity index (χ1n) is 6.71. The van der Waals surface area contributed by atoms with Crippen molar-refractivity contribution in [2.24, 2.45) is 5.73 Å². The fraction of sp³-hybridized carbons (Fsp3) is 0.500. The van der Waals surface area contributed by atoms with E-state index in [9.17, 15) is 4.79 Å². The molecule has 0 bridgehead atoms. The zero-order valence-electron chi connectivity index (χ0n) is 11.5. The fourth-order valence-electron chi connectivity index (χ4n) is 2.21. The van der Waals surface area contributed by atoms with Gasteiger partial charge >= 0.3 is 5.97 Å². The quantitative estimate of drug-likeness (QED) is 0.837. The maximum absolute atomic E-state index is 11.0. The number of hydrogen-bond donors (Lipinski definition) is 2. The summed E-state index contributed by atoms with van der Waals surface area (Å²) < 4.78 is 10.9. The van der Waals surface area contributed by atoms with Crippen molar-refractivity contribution in [1.82, 2.24) is 0 Å². The van der Waals surface area contributed by atoms with Crippen molar-refractivity contribution in [2.75, 3.05) is 37.8 Å². The van der Waals surface area contributed by atoms with Crippen molar-refractivity contribution in [3.63, 3.8) is 0 Å². The van der Waals surface area contributed by atoms with Gasteiger partial charge < -0.3 is 25.2 Å². The maximum atomic E-state index is 11.0. The van der Waals surface area contributed by atoms with Crippen LogP contribution in [0, 0.1) is 0 Å². The number of aliphatic carboxylic acids is 1. The molecule has 3 N–H and O–H groups in total. The van der Waals surface area contributed by atoms with Crippen LogP contribution in [-0.2, 0) is 9.53 Å². The van der Waals surface area contributed by atoms with Gasteiger partial charge in [0.15, 0.2) is 0 Å². The second-order valence-electron chi connectivity index (χ2n) is 4.57. The van der Waals surface area contributed by atoms with E-state index in [4.69, 9.17) is 20.3 Å². The topological polar surface area (TPSA) is 85.0 Å². The molecule has 1 aromatic carbocycles. The van der Waals surface area contributed by atoms with Crippen LogP contribution >= 0.6 is 0 Å². The molecule has 0 saturated carbocycles. The first kappa shape index (κ1) is 14.6. The van der Waals surface area contributed by atoms with Gasteiger partial charge in [-0.15, -0.1) is 0 Å². The highest BCUT2D eigenvalue weighted by Gasteiger charge is 2.21. The maximum Gasteiger partial charge on any atom is 0.325 e. The Labute approximate surface area is 118 Å². The third kappa shape index (κ3) is 3.20. The standard InChI is InChI=1S/C14H20N2O4/c1-2-20-12-9-10(16-5-7-19-8-6-16)3-4-11(12)13(15)14(17)18/h3-4,9,13H,2,5-8,15H2,1H3,(H,17,18)/t13-/m0/s1. The Bertz CT molecular complexity index is 472. The minimum atomic E-state index is -1.07. The second-order valence-corrected chi connectivity index (χ2v) is 4.57. The number of nitrogens with zero attached hydrogens (tertiary/aromatic N) is 1. The van der Waals surface area contributed by atoms with Crippen LogP contribution in [-0.4, -0.2) is 44.0 Å². The van der Waals surface area contributed by atoms with E-state index in [0.717, 1.165) is 18.8 Å². The van der Waals surface area contributed by atoms with Gasteiger partial charge in [-0.3, -0.25) is 4.79 Å². The molecule has 110 valence electrons. The van der Waals surface area contributed by atoms with Crippen LogP contribution in [0.3, 0.4) is 0 Å². The molecule has 0 aliphatic carbocycles. The van der Waals surface area contributed by atoms with Crippen LogP contribution in [0.4, 0.5) is 5.69 Å². The van der Waals surface area contributed by atoms with E-state index in [2.05, 4.69) is 4.90 Å². The largest absolute Gasteiger partial charge is 0.493 e. The molecule has 1 fully saturated rings. The van der Waals surface area contributed by atoms with Gasteiger partial charge in [-0.25, -0.2) is 0 Å². The first-order chi connectivity index (χ1) is 9.63. The summed E-state index contributed by atoms with van der Waals surface area (Å²) in [5, 5.41) is 9.04. The number of benzene rings is 1. The molecule has 6 heteroatoms. The second kappa shape index (κ2) is 6.58. The molecule has 1 saturated heterocycles. The van der Waals surface area contributed by atoms with Crippen molar-refractivity contribution in [3.8, 4) is 5.75 Å². The molecule has 0 spiro atoms. The molecule has 0 unspecified atom stereocenters. The van der Waals surface area contributed by atoms with Crippen LogP contribution in [0.1, 0.15) is 18.5 Å². The number of anilines is 1. The molecule has 20 heavy (non-hydrogen) atoms. The summed E-state index contributed by atoms with van der Waals surface area (Å²) in [6.45, 7) is 5.34. The number of morpholine rings is 1. The van der Waals surface area contributed by atoms with Gasteiger partial charge in [-0.05, 0) is 13.0 Å². The molecule has 0 aromatic heterocycles. The summed E-state index contributed by atoms with van der Waals surface area (Å²) in [5.74, 6) is -0.531. The number of carboxylic acids is 1. The number of nitrogens with two attached hydrogens (primary N) is 1. The smallest absolute Gasteiger partial charge is 0.325 e. The lowest BCUT2D eigenvalue weighted by atomic mass is 10.1. The van der Waals surface area contributed by atoms with Crippen molar-refractivity contribution >= 4 is 11.7 Å². The molecule has 1 atom stereocenters. The highest BCUT2D eigenvalue weighted by atomic mass is 16.5. The highest BCUT2D eigenvalue weighted by molar-refractivity contribution is 5.77. The highest BCUT2D eigenvalue weighted by Crippen LogP contribution is 2.30. The van der Waals surface area contributed by atoms with Gasteiger partial charge in [-0.2, -0.15) is 0 Å². The summed E-state index contributed by atoms with van der Waals surface area (Å²) >= 11 is 0. The molecule has 2 rings (SSSR count). The van der Waals surface area contributed by atoms with E-state index in [-0.39, 0.29) is 0 Å². The first-order valence-corrected chi connectivity index (χ1v) is 6.71. The van der Waals surface area contributed by atoms with E-state index in [1.54, 1.807) is 6.07 Å². The monoisotopic (exact) mass is 280 g/mol. The van der Waals surface area contributed by atoms with Crippen LogP contribution in [0.25, 0.3) is 0 Å². The lowest BCUT2D eigenvalue weighted by molar-refractivity contribution is -0.138. The lowest BCUT2D eigenvalue weighted by Crippen LogP contribution is -2.36. The minimum absolute atomic E-state index is 0.464. The fourth-order valence-corrected chi connectivity index (χ4v) is 2.21. The zero-order valence-corrected chi connectivity index (χ0v) is 11.5. The molecular weight excluding hydrogens is 260 g/mol. The normalized spacial score (nSPS) is 16.8. The van der Waals surface area contributed by atoms with Gasteiger partial charge in [-0.1, -0.05) is 6.07 Å². The molecule has 1 aliphatic heterocycles. The predicted molar refractivity (Wildman–Crippen MR) is 75.2 cm³/mol. The Morgan fingerprint density at radius 1 is 1.50 bits per heavy atom. The predicted octanol–water partition coefficient (Wildman–Crippen LogP) is 1.01. The number of rotatable bonds is 5. The molecule has 1 heterocycles. The van der Waals surface area contributed by atoms with Gasteiger partial charge in [0.25, 0.3) is 0 Å². The summed E-state index contributed by atoms with van der Waals surface area (Å²) in [6, 6.07) is 4.39. The SMILES string of the molecule is CCOc1cc(N2CCOCC2)ccc1[C@H](N)C(=O)O. The Hall–Kier alpha value is -1.79. The Kier molecular flexibility index (Phi) is 4.81. The van der Waals surface area contributed by atoms with Gasteiger partial charge in [0.1, 0.15) is 11.8 Å². The molecular formula is C14H20N2O4. The zero-order chi connectivity index (χ0) is 14.5. The summed E-state index contributed by atoms with van der Waals surface area (Å²) in [6.07, 6.45) is 0. The molecule has 1 aromatic rings. The molecule has 0 amide bonds. The average Bonchev–Trinajstić information content (AvgIpc) is 2.47. The van der Waals surface area contributed by atoms with Crippen molar-refractivity contribution in [3.05, 3.63) is 23.8 Å². The van der Waals surface area contributed by atoms with E-state index in [1.807, 2.05) is 19.1 Å². The van der Waals surface area contributed by atoms with Gasteiger partial charge in [0.2, 0.25) is 0 Å². The van der Waals surface area contributed by atoms with Gasteiger partial charge in [0, 0.05) is 30.4 Å². The summed E-state index contributed by atoms with van der Waals surface area (Å²) in [7, 11) is 0. The van der Waals surface area contributed by atoms with Crippen LogP contribution < -0.4 is 15.4 Å². The number of ether oxygens (including phenoxy) is 2. The van der Waals surface area contributed by atoms with Crippen LogP contribution in [0.15, 0.2) is 18.2 Å². The van der Waals surface area contributed by atoms with Crippen LogP contribution in [0.2, 0.25) is 0 Å². The molecule has 0 radical (unpaired) electrons. The molecule has 1 aliphatic rings. The average molecular weight is 280 g/mol. The van der Waals surface area contributed by atoms with Crippen molar-refractivity contribution in [1.29, 1.82) is 0 Å². The van der Waals surface area contributed by atoms with E-state index < -0.39 is 12.0 Å². The third-order valence-electron chi connectivity index (χ3n) is 3.27. The summed E-state index contributed by atoms with van der Waals surface area (Å²) in [4.78, 5) is 13.2. The van der Waals surface area contributed by atoms with Crippen molar-refractivity contribution < 1.29 is 19.4 Å². The van der Waals surface area contributed by atoms with E-state index >= 15 is 0 Å². The Morgan fingerprint density at radius 2 is 2.20 bits per heavy atom. The van der Waals surface area contributed by atoms with E-state index in [1.165, 1.54) is 0 Å². The van der Waals surface area contributed by atoms with Crippen LogP contribution in [0.5, 0.6) is 5.75 Å². The number of carboxylic acid groups (broad SMARTS) is 1. The minimum Gasteiger partial charge on any atom is -0.493 e. The number of hydrogen-bond acceptors (Lipinski definition) is 5. The summed E-state index contributed by atoms with van der Waals surface area (Å²) in [5.41, 5.74) is 7.18. The lowest BCUT2D eigenvalue weighted by Gasteiger charge is -2.29. The molecule has 6 nitrogen and oxygen atoms in total. The number of carbonyl (C=O) groups is 1. The Morgan fingerprint density at radius 3 is 2.80 bits per heavy atom. The van der Waals surface area contributed by atoms with E-state index in [0.29, 0.717) is 31.1 Å². The Balaban J connectivity index is 2.28. The van der Waals surface area contributed by atoms with Gasteiger partial charge in [0.05, 0.1) is 19.8 Å². The third-order valence-corrected chi connectivity index (χ3v) is 3.27. The van der Waals surface area contributed by atoms with Crippen molar-refractivity contribution in [2.45, 2.75) is 13.0 Å².